The van der Waals surface area contributed by atoms with Crippen molar-refractivity contribution < 1.29 is 18.0 Å². The van der Waals surface area contributed by atoms with E-state index in [1.807, 2.05) is 0 Å². The van der Waals surface area contributed by atoms with Crippen LogP contribution in [0.25, 0.3) is 0 Å². The van der Waals surface area contributed by atoms with Crippen molar-refractivity contribution in [2.45, 2.75) is 24.7 Å². The van der Waals surface area contributed by atoms with Gasteiger partial charge in [0.25, 0.3) is 10.0 Å². The van der Waals surface area contributed by atoms with Crippen molar-refractivity contribution in [3.05, 3.63) is 71.2 Å². The summed E-state index contributed by atoms with van der Waals surface area (Å²) in [6, 6.07) is 14.8. The Morgan fingerprint density at radius 2 is 1.83 bits per heavy atom. The molecule has 0 unspecified atom stereocenters. The molecule has 3 rings (SSSR count). The maximum absolute atomic E-state index is 12.3. The number of hydrogen-bond acceptors (Lipinski definition) is 6. The number of rotatable bonds is 8. The van der Waals surface area contributed by atoms with Gasteiger partial charge < -0.3 is 5.32 Å². The third-order valence-electron chi connectivity index (χ3n) is 3.99. The predicted octanol–water partition coefficient (Wildman–Crippen LogP) is 3.72. The summed E-state index contributed by atoms with van der Waals surface area (Å²) in [5, 5.41) is 4.71. The average Bonchev–Trinajstić information content (AvgIpc) is 3.14. The molecule has 0 saturated heterocycles. The number of Topliss-reactive ketones (excluding diaryl/α,β-unsaturated/α-hetero) is 1. The van der Waals surface area contributed by atoms with Crippen LogP contribution in [0.2, 0.25) is 0 Å². The van der Waals surface area contributed by atoms with Gasteiger partial charge in [-0.2, -0.15) is 0 Å². The summed E-state index contributed by atoms with van der Waals surface area (Å²) in [7, 11) is -3.69. The lowest BCUT2D eigenvalue weighted by molar-refractivity contribution is -0.116. The second-order valence-electron chi connectivity index (χ2n) is 6.25. The Kier molecular flexibility index (Phi) is 6.40. The zero-order valence-corrected chi connectivity index (χ0v) is 17.2. The van der Waals surface area contributed by atoms with Crippen LogP contribution in [-0.4, -0.2) is 25.1 Å². The van der Waals surface area contributed by atoms with E-state index in [0.29, 0.717) is 23.4 Å². The van der Waals surface area contributed by atoms with E-state index in [-0.39, 0.29) is 28.1 Å². The number of amides is 1. The van der Waals surface area contributed by atoms with E-state index in [2.05, 4.69) is 15.0 Å². The molecular formula is C20H19N3O4S2. The van der Waals surface area contributed by atoms with Crippen LogP contribution in [0.3, 0.4) is 0 Å². The number of nitrogens with zero attached hydrogens (tertiary/aromatic N) is 1. The van der Waals surface area contributed by atoms with Crippen LogP contribution in [0.5, 0.6) is 0 Å². The van der Waals surface area contributed by atoms with E-state index in [1.54, 1.807) is 47.8 Å². The minimum Gasteiger partial charge on any atom is -0.326 e. The van der Waals surface area contributed by atoms with Crippen molar-refractivity contribution in [1.29, 1.82) is 0 Å². The Hall–Kier alpha value is -3.04. The fourth-order valence-corrected chi connectivity index (χ4v) is 4.54. The van der Waals surface area contributed by atoms with Gasteiger partial charge >= 0.3 is 0 Å². The number of nitrogens with one attached hydrogen (secondary N) is 2. The van der Waals surface area contributed by atoms with E-state index in [1.165, 1.54) is 19.1 Å². The normalized spacial score (nSPS) is 11.1. The number of hydrogen-bond donors (Lipinski definition) is 2. The Bertz CT molecular complexity index is 1130. The first-order valence-electron chi connectivity index (χ1n) is 8.76. The summed E-state index contributed by atoms with van der Waals surface area (Å²) in [5.74, 6) is -0.292. The highest BCUT2D eigenvalue weighted by Crippen LogP contribution is 2.21. The lowest BCUT2D eigenvalue weighted by atomic mass is 10.1. The van der Waals surface area contributed by atoms with Gasteiger partial charge in [0, 0.05) is 23.1 Å². The predicted molar refractivity (Wildman–Crippen MR) is 113 cm³/mol. The Labute approximate surface area is 172 Å². The monoisotopic (exact) mass is 429 g/mol. The van der Waals surface area contributed by atoms with Crippen molar-refractivity contribution in [3.8, 4) is 0 Å². The average molecular weight is 430 g/mol. The Morgan fingerprint density at radius 1 is 1.07 bits per heavy atom. The van der Waals surface area contributed by atoms with E-state index in [9.17, 15) is 18.0 Å². The summed E-state index contributed by atoms with van der Waals surface area (Å²) in [6.07, 6.45) is 0.542. The van der Waals surface area contributed by atoms with Gasteiger partial charge in [0.15, 0.2) is 10.9 Å². The molecule has 0 fully saturated rings. The van der Waals surface area contributed by atoms with Crippen LogP contribution in [0.4, 0.5) is 10.8 Å². The van der Waals surface area contributed by atoms with Gasteiger partial charge in [-0.3, -0.25) is 14.3 Å². The number of aromatic nitrogens is 1. The summed E-state index contributed by atoms with van der Waals surface area (Å²) >= 11 is 1.16. The molecule has 0 spiro atoms. The topological polar surface area (TPSA) is 105 Å². The van der Waals surface area contributed by atoms with Crippen molar-refractivity contribution in [3.63, 3.8) is 0 Å². The molecule has 2 N–H and O–H groups in total. The first kappa shape index (κ1) is 20.7. The maximum Gasteiger partial charge on any atom is 0.263 e. The molecule has 29 heavy (non-hydrogen) atoms. The van der Waals surface area contributed by atoms with Crippen LogP contribution in [0.15, 0.2) is 64.9 Å². The van der Waals surface area contributed by atoms with Crippen LogP contribution >= 0.6 is 11.3 Å². The molecule has 2 aromatic carbocycles. The highest BCUT2D eigenvalue weighted by atomic mass is 32.2. The fraction of sp³-hybridized carbons (Fsp3) is 0.150. The van der Waals surface area contributed by atoms with Crippen molar-refractivity contribution in [2.75, 3.05) is 10.0 Å². The third kappa shape index (κ3) is 5.72. The molecule has 3 aromatic rings. The molecule has 0 aliphatic rings. The number of anilines is 2. The van der Waals surface area contributed by atoms with E-state index in [4.69, 9.17) is 0 Å². The van der Waals surface area contributed by atoms with Gasteiger partial charge in [-0.05, 0) is 37.6 Å². The number of aryl methyl sites for hydroxylation is 1. The summed E-state index contributed by atoms with van der Waals surface area (Å²) in [4.78, 5) is 28.0. The second kappa shape index (κ2) is 8.97. The molecule has 1 amide bonds. The van der Waals surface area contributed by atoms with E-state index >= 15 is 0 Å². The molecule has 0 aliphatic heterocycles. The van der Waals surface area contributed by atoms with Crippen LogP contribution in [0, 0.1) is 0 Å². The van der Waals surface area contributed by atoms with Gasteiger partial charge in [-0.1, -0.05) is 30.3 Å². The summed E-state index contributed by atoms with van der Waals surface area (Å²) in [6.45, 7) is 1.47. The van der Waals surface area contributed by atoms with Gasteiger partial charge in [0.1, 0.15) is 0 Å². The number of ketones is 1. The first-order valence-corrected chi connectivity index (χ1v) is 11.1. The minimum absolute atomic E-state index is 0.0749. The lowest BCUT2D eigenvalue weighted by Gasteiger charge is -2.06. The summed E-state index contributed by atoms with van der Waals surface area (Å²) < 4.78 is 27.1. The molecule has 7 nitrogen and oxygen atoms in total. The smallest absolute Gasteiger partial charge is 0.263 e. The Balaban J connectivity index is 1.56. The largest absolute Gasteiger partial charge is 0.326 e. The van der Waals surface area contributed by atoms with Crippen LogP contribution in [-0.2, 0) is 21.2 Å². The molecule has 0 atom stereocenters. The molecule has 9 heteroatoms. The van der Waals surface area contributed by atoms with Gasteiger partial charge in [-0.25, -0.2) is 13.4 Å². The number of carbonyl (C=O) groups excluding carboxylic acids is 2. The molecule has 1 heterocycles. The van der Waals surface area contributed by atoms with Gasteiger partial charge in [0.05, 0.1) is 10.6 Å². The Morgan fingerprint density at radius 3 is 2.55 bits per heavy atom. The fourth-order valence-electron chi connectivity index (χ4n) is 2.52. The third-order valence-corrected chi connectivity index (χ3v) is 6.28. The molecular weight excluding hydrogens is 410 g/mol. The van der Waals surface area contributed by atoms with Crippen molar-refractivity contribution in [2.24, 2.45) is 0 Å². The number of carbonyl (C=O) groups is 2. The molecule has 1 aromatic heterocycles. The zero-order chi connectivity index (χ0) is 20.9. The van der Waals surface area contributed by atoms with Crippen molar-refractivity contribution in [1.82, 2.24) is 4.98 Å². The van der Waals surface area contributed by atoms with Gasteiger partial charge in [0.2, 0.25) is 5.91 Å². The standard InChI is InChI=1S/C20H19N3O4S2/c1-14(24)15-6-5-7-16(12-15)21-19(25)11-10-17-13-28-20(22-17)23-29(26,27)18-8-3-2-4-9-18/h2-9,12-13H,10-11H2,1H3,(H,21,25)(H,22,23). The quantitative estimate of drug-likeness (QED) is 0.531. The van der Waals surface area contributed by atoms with Crippen molar-refractivity contribution >= 4 is 43.9 Å². The molecule has 0 radical (unpaired) electrons. The van der Waals surface area contributed by atoms with E-state index < -0.39 is 10.0 Å². The number of thiazole rings is 1. The molecule has 0 aliphatic carbocycles. The SMILES string of the molecule is CC(=O)c1cccc(NC(=O)CCc2csc(NS(=O)(=O)c3ccccc3)n2)c1. The maximum atomic E-state index is 12.3. The first-order chi connectivity index (χ1) is 13.8. The van der Waals surface area contributed by atoms with Crippen LogP contribution < -0.4 is 10.0 Å². The molecule has 0 bridgehead atoms. The highest BCUT2D eigenvalue weighted by molar-refractivity contribution is 7.93. The molecule has 150 valence electrons. The number of sulfonamides is 1. The van der Waals surface area contributed by atoms with E-state index in [0.717, 1.165) is 11.3 Å². The number of benzene rings is 2. The van der Waals surface area contributed by atoms with Gasteiger partial charge in [-0.15, -0.1) is 11.3 Å². The minimum atomic E-state index is -3.69. The molecule has 0 saturated carbocycles. The highest BCUT2D eigenvalue weighted by Gasteiger charge is 2.16. The zero-order valence-electron chi connectivity index (χ0n) is 15.6. The summed E-state index contributed by atoms with van der Waals surface area (Å²) in [5.41, 5.74) is 1.70. The lowest BCUT2D eigenvalue weighted by Crippen LogP contribution is -2.13. The van der Waals surface area contributed by atoms with Crippen LogP contribution in [0.1, 0.15) is 29.4 Å². The second-order valence-corrected chi connectivity index (χ2v) is 8.79.